The largest absolute Gasteiger partial charge is 0.389 e. The topological polar surface area (TPSA) is 80.5 Å². The molecule has 0 amide bonds. The Hall–Kier alpha value is -1.51. The van der Waals surface area contributed by atoms with Crippen molar-refractivity contribution in [1.29, 1.82) is 0 Å². The zero-order valence-electron chi connectivity index (χ0n) is 8.45. The molecule has 0 aliphatic rings. The molecule has 2 aromatic heterocycles. The van der Waals surface area contributed by atoms with Crippen molar-refractivity contribution in [3.8, 4) is 0 Å². The summed E-state index contributed by atoms with van der Waals surface area (Å²) < 4.78 is 35.8. The first-order chi connectivity index (χ1) is 7.96. The van der Waals surface area contributed by atoms with E-state index in [4.69, 9.17) is 5.73 Å². The van der Waals surface area contributed by atoms with Crippen LogP contribution in [0, 0.1) is 0 Å². The number of imidazole rings is 1. The molecule has 0 radical (unpaired) electrons. The molecule has 0 saturated carbocycles. The van der Waals surface area contributed by atoms with Crippen molar-refractivity contribution in [1.82, 2.24) is 19.9 Å². The summed E-state index contributed by atoms with van der Waals surface area (Å²) in [6.07, 6.45) is -3.65. The number of nitrogens with two attached hydrogens (primary N) is 1. The number of H-pyrrole nitrogens is 1. The van der Waals surface area contributed by atoms with E-state index in [1.165, 1.54) is 6.33 Å². The Morgan fingerprint density at radius 2 is 2.12 bits per heavy atom. The maximum Gasteiger partial charge on any atom is 0.389 e. The molecule has 0 bridgehead atoms. The van der Waals surface area contributed by atoms with Gasteiger partial charge < -0.3 is 10.7 Å². The van der Waals surface area contributed by atoms with E-state index >= 15 is 0 Å². The van der Waals surface area contributed by atoms with Gasteiger partial charge in [0.2, 0.25) is 0 Å². The molecule has 2 heterocycles. The third kappa shape index (κ3) is 2.99. The van der Waals surface area contributed by atoms with Crippen LogP contribution in [0.25, 0.3) is 11.2 Å². The van der Waals surface area contributed by atoms with Crippen LogP contribution in [-0.2, 0) is 0 Å². The molecule has 0 fully saturated rings. The Kier molecular flexibility index (Phi) is 3.09. The van der Waals surface area contributed by atoms with Gasteiger partial charge in [-0.15, -0.1) is 0 Å². The average Bonchev–Trinajstić information content (AvgIpc) is 2.64. The molecular formula is C8H8F3N5S. The molecule has 0 unspecified atom stereocenters. The Morgan fingerprint density at radius 1 is 1.35 bits per heavy atom. The number of fused-ring (bicyclic) bond motifs is 1. The van der Waals surface area contributed by atoms with Gasteiger partial charge in [-0.05, 0) is 0 Å². The van der Waals surface area contributed by atoms with Crippen LogP contribution in [0.2, 0.25) is 0 Å². The van der Waals surface area contributed by atoms with E-state index in [1.807, 2.05) is 0 Å². The van der Waals surface area contributed by atoms with Gasteiger partial charge in [0.05, 0.1) is 12.7 Å². The quantitative estimate of drug-likeness (QED) is 0.653. The minimum atomic E-state index is -4.17. The number of anilines is 1. The van der Waals surface area contributed by atoms with E-state index in [0.29, 0.717) is 11.2 Å². The number of alkyl halides is 3. The van der Waals surface area contributed by atoms with E-state index in [0.717, 1.165) is 11.8 Å². The number of aromatic nitrogens is 4. The first kappa shape index (κ1) is 12.0. The highest BCUT2D eigenvalue weighted by molar-refractivity contribution is 7.99. The van der Waals surface area contributed by atoms with E-state index < -0.39 is 12.6 Å². The second-order valence-corrected chi connectivity index (χ2v) is 4.27. The maximum absolute atomic E-state index is 11.9. The summed E-state index contributed by atoms with van der Waals surface area (Å²) in [4.78, 5) is 14.5. The average molecular weight is 263 g/mol. The number of nitrogens with one attached hydrogen (secondary N) is 1. The highest BCUT2D eigenvalue weighted by Crippen LogP contribution is 2.25. The van der Waals surface area contributed by atoms with Crippen LogP contribution < -0.4 is 5.73 Å². The predicted octanol–water partition coefficient (Wildman–Crippen LogP) is 1.98. The van der Waals surface area contributed by atoms with Crippen molar-refractivity contribution in [2.45, 2.75) is 17.8 Å². The molecular weight excluding hydrogens is 255 g/mol. The molecule has 0 atom stereocenters. The summed E-state index contributed by atoms with van der Waals surface area (Å²) in [7, 11) is 0. The van der Waals surface area contributed by atoms with Crippen LogP contribution in [0.1, 0.15) is 6.42 Å². The number of rotatable bonds is 3. The molecule has 0 aliphatic heterocycles. The van der Waals surface area contributed by atoms with Crippen LogP contribution in [0.15, 0.2) is 11.5 Å². The summed E-state index contributed by atoms with van der Waals surface area (Å²) in [6, 6.07) is 0. The standard InChI is InChI=1S/C8H8F3N5S/c9-8(10,11)1-2-17-7-15-5(12)4-6(16-7)14-3-13-4/h3H,1-2H2,(H3,12,13,14,15,16). The van der Waals surface area contributed by atoms with Crippen molar-refractivity contribution >= 4 is 28.7 Å². The molecule has 2 rings (SSSR count). The molecule has 92 valence electrons. The number of halogens is 3. The second kappa shape index (κ2) is 4.40. The lowest BCUT2D eigenvalue weighted by Gasteiger charge is -2.05. The lowest BCUT2D eigenvalue weighted by molar-refractivity contribution is -0.129. The fraction of sp³-hybridized carbons (Fsp3) is 0.375. The van der Waals surface area contributed by atoms with Gasteiger partial charge in [0, 0.05) is 5.75 Å². The molecule has 0 aliphatic carbocycles. The zero-order valence-corrected chi connectivity index (χ0v) is 9.27. The summed E-state index contributed by atoms with van der Waals surface area (Å²) in [6.45, 7) is 0. The van der Waals surface area contributed by atoms with Crippen LogP contribution in [0.3, 0.4) is 0 Å². The summed E-state index contributed by atoms with van der Waals surface area (Å²) in [5.74, 6) is 0.0218. The van der Waals surface area contributed by atoms with Gasteiger partial charge in [0.25, 0.3) is 0 Å². The van der Waals surface area contributed by atoms with Gasteiger partial charge in [0.1, 0.15) is 5.52 Å². The summed E-state index contributed by atoms with van der Waals surface area (Å²) in [5, 5.41) is 0.212. The highest BCUT2D eigenvalue weighted by Gasteiger charge is 2.26. The Morgan fingerprint density at radius 3 is 2.82 bits per heavy atom. The van der Waals surface area contributed by atoms with Gasteiger partial charge in [-0.1, -0.05) is 11.8 Å². The molecule has 0 aromatic carbocycles. The Bertz CT molecular complexity index is 523. The van der Waals surface area contributed by atoms with Crippen molar-refractivity contribution in [3.63, 3.8) is 0 Å². The minimum absolute atomic E-state index is 0.136. The van der Waals surface area contributed by atoms with Gasteiger partial charge in [-0.25, -0.2) is 15.0 Å². The summed E-state index contributed by atoms with van der Waals surface area (Å²) in [5.41, 5.74) is 6.43. The Labute approximate surface area is 98.0 Å². The van der Waals surface area contributed by atoms with Crippen molar-refractivity contribution < 1.29 is 13.2 Å². The number of nitrogen functional groups attached to an aromatic ring is 1. The third-order valence-corrected chi connectivity index (χ3v) is 2.75. The summed E-state index contributed by atoms with van der Waals surface area (Å²) >= 11 is 0.910. The maximum atomic E-state index is 11.9. The smallest absolute Gasteiger partial charge is 0.382 e. The molecule has 0 saturated heterocycles. The predicted molar refractivity (Wildman–Crippen MR) is 57.5 cm³/mol. The first-order valence-electron chi connectivity index (χ1n) is 4.62. The fourth-order valence-electron chi connectivity index (χ4n) is 1.16. The molecule has 3 N–H and O–H groups in total. The molecule has 2 aromatic rings. The van der Waals surface area contributed by atoms with Gasteiger partial charge in [-0.3, -0.25) is 0 Å². The van der Waals surface area contributed by atoms with Crippen LogP contribution in [0.5, 0.6) is 0 Å². The lowest BCUT2D eigenvalue weighted by atomic mass is 10.5. The lowest BCUT2D eigenvalue weighted by Crippen LogP contribution is -2.08. The first-order valence-corrected chi connectivity index (χ1v) is 5.60. The monoisotopic (exact) mass is 263 g/mol. The third-order valence-electron chi connectivity index (χ3n) is 1.90. The van der Waals surface area contributed by atoms with Gasteiger partial charge in [0.15, 0.2) is 16.6 Å². The van der Waals surface area contributed by atoms with E-state index in [2.05, 4.69) is 19.9 Å². The number of aromatic amines is 1. The number of hydrogen-bond acceptors (Lipinski definition) is 5. The van der Waals surface area contributed by atoms with E-state index in [-0.39, 0.29) is 16.7 Å². The van der Waals surface area contributed by atoms with E-state index in [1.54, 1.807) is 0 Å². The van der Waals surface area contributed by atoms with Crippen molar-refractivity contribution in [3.05, 3.63) is 6.33 Å². The molecule has 9 heteroatoms. The SMILES string of the molecule is Nc1nc(SCCC(F)(F)F)nc2[nH]cnc12. The van der Waals surface area contributed by atoms with Crippen LogP contribution in [-0.4, -0.2) is 31.9 Å². The fourth-order valence-corrected chi connectivity index (χ4v) is 1.99. The minimum Gasteiger partial charge on any atom is -0.382 e. The van der Waals surface area contributed by atoms with Crippen LogP contribution >= 0.6 is 11.8 Å². The highest BCUT2D eigenvalue weighted by atomic mass is 32.2. The number of hydrogen-bond donors (Lipinski definition) is 2. The molecule has 5 nitrogen and oxygen atoms in total. The van der Waals surface area contributed by atoms with Crippen molar-refractivity contribution in [2.24, 2.45) is 0 Å². The molecule has 17 heavy (non-hydrogen) atoms. The van der Waals surface area contributed by atoms with Gasteiger partial charge >= 0.3 is 6.18 Å². The Balaban J connectivity index is 2.09. The number of thioether (sulfide) groups is 1. The zero-order chi connectivity index (χ0) is 12.5. The van der Waals surface area contributed by atoms with Gasteiger partial charge in [-0.2, -0.15) is 13.2 Å². The number of nitrogens with zero attached hydrogens (tertiary/aromatic N) is 3. The van der Waals surface area contributed by atoms with E-state index in [9.17, 15) is 13.2 Å². The normalized spacial score (nSPS) is 12.2. The second-order valence-electron chi connectivity index (χ2n) is 3.20. The van der Waals surface area contributed by atoms with Crippen molar-refractivity contribution in [2.75, 3.05) is 11.5 Å². The molecule has 0 spiro atoms. The van der Waals surface area contributed by atoms with Crippen LogP contribution in [0.4, 0.5) is 19.0 Å².